The third-order valence-electron chi connectivity index (χ3n) is 4.54. The van der Waals surface area contributed by atoms with Crippen molar-refractivity contribution in [2.75, 3.05) is 12.4 Å². The summed E-state index contributed by atoms with van der Waals surface area (Å²) in [7, 11) is 0. The number of hydrogen-bond donors (Lipinski definition) is 2. The molecule has 2 atom stereocenters. The monoisotopic (exact) mass is 438 g/mol. The van der Waals surface area contributed by atoms with Gasteiger partial charge in [-0.2, -0.15) is 0 Å². The zero-order valence-corrected chi connectivity index (χ0v) is 18.2. The third kappa shape index (κ3) is 6.03. The number of hydrogen-bond acceptors (Lipinski definition) is 7. The predicted molar refractivity (Wildman–Crippen MR) is 112 cm³/mol. The van der Waals surface area contributed by atoms with Crippen molar-refractivity contribution in [3.63, 3.8) is 0 Å². The molecule has 1 aliphatic rings. The Morgan fingerprint density at radius 2 is 2.28 bits per heavy atom. The van der Waals surface area contributed by atoms with Gasteiger partial charge in [0.2, 0.25) is 5.91 Å². The molecule has 1 amide bonds. The Kier molecular flexibility index (Phi) is 7.68. The molecule has 0 spiro atoms. The van der Waals surface area contributed by atoms with Gasteiger partial charge in [0, 0.05) is 6.61 Å². The van der Waals surface area contributed by atoms with Gasteiger partial charge in [0.1, 0.15) is 6.04 Å². The van der Waals surface area contributed by atoms with E-state index in [9.17, 15) is 14.7 Å². The van der Waals surface area contributed by atoms with Gasteiger partial charge in [0.15, 0.2) is 11.0 Å². The van der Waals surface area contributed by atoms with Crippen molar-refractivity contribution in [1.29, 1.82) is 0 Å². The summed E-state index contributed by atoms with van der Waals surface area (Å²) < 4.78 is 7.77. The summed E-state index contributed by atoms with van der Waals surface area (Å²) in [5.41, 5.74) is 0. The average molecular weight is 439 g/mol. The van der Waals surface area contributed by atoms with Crippen molar-refractivity contribution >= 4 is 35.0 Å². The van der Waals surface area contributed by atoms with Gasteiger partial charge in [0.05, 0.1) is 23.3 Å². The second-order valence-corrected chi connectivity index (χ2v) is 9.30. The Bertz CT molecular complexity index is 816. The van der Waals surface area contributed by atoms with Crippen LogP contribution in [0.3, 0.4) is 0 Å². The number of ether oxygens (including phenoxy) is 1. The normalized spacial score (nSPS) is 17.6. The summed E-state index contributed by atoms with van der Waals surface area (Å²) in [4.78, 5) is 24.7. The van der Waals surface area contributed by atoms with Gasteiger partial charge < -0.3 is 15.2 Å². The molecule has 0 aliphatic carbocycles. The maximum atomic E-state index is 12.3. The van der Waals surface area contributed by atoms with Crippen LogP contribution in [0.4, 0.5) is 0 Å². The number of carbonyl (C=O) groups excluding carboxylic acids is 1. The van der Waals surface area contributed by atoms with Gasteiger partial charge in [-0.25, -0.2) is 4.79 Å². The number of amides is 1. The number of rotatable bonds is 10. The minimum Gasteiger partial charge on any atom is -0.480 e. The zero-order chi connectivity index (χ0) is 20.8. The molecule has 3 heterocycles. The first kappa shape index (κ1) is 21.8. The number of carboxylic acids is 1. The number of aromatic nitrogens is 3. The van der Waals surface area contributed by atoms with E-state index >= 15 is 0 Å². The molecule has 2 aromatic heterocycles. The highest BCUT2D eigenvalue weighted by Crippen LogP contribution is 2.29. The van der Waals surface area contributed by atoms with Crippen molar-refractivity contribution in [1.82, 2.24) is 20.1 Å². The highest BCUT2D eigenvalue weighted by Gasteiger charge is 2.24. The van der Waals surface area contributed by atoms with Gasteiger partial charge in [-0.15, -0.1) is 21.5 Å². The van der Waals surface area contributed by atoms with Crippen LogP contribution in [-0.4, -0.2) is 56.3 Å². The number of nitrogens with zero attached hydrogens (tertiary/aromatic N) is 3. The molecular weight excluding hydrogens is 412 g/mol. The topological polar surface area (TPSA) is 106 Å². The van der Waals surface area contributed by atoms with E-state index in [2.05, 4.69) is 15.5 Å². The second kappa shape index (κ2) is 10.2. The Balaban J connectivity index is 1.68. The SMILES string of the molecule is CC(C)C[C@@H](NC(=O)CSc1nnc(-c2cccs2)n1C[C@@H]1CCCO1)C(=O)O. The molecule has 1 fully saturated rings. The quantitative estimate of drug-likeness (QED) is 0.549. The first-order valence-corrected chi connectivity index (χ1v) is 11.5. The van der Waals surface area contributed by atoms with Gasteiger partial charge >= 0.3 is 5.97 Å². The molecule has 0 saturated carbocycles. The van der Waals surface area contributed by atoms with E-state index in [1.165, 1.54) is 11.8 Å². The summed E-state index contributed by atoms with van der Waals surface area (Å²) >= 11 is 2.85. The molecular formula is C19H26N4O4S2. The molecule has 2 N–H and O–H groups in total. The number of aliphatic carboxylic acids is 1. The van der Waals surface area contributed by atoms with E-state index in [0.717, 1.165) is 30.2 Å². The van der Waals surface area contributed by atoms with Gasteiger partial charge in [-0.3, -0.25) is 9.36 Å². The summed E-state index contributed by atoms with van der Waals surface area (Å²) in [6, 6.07) is 3.08. The highest BCUT2D eigenvalue weighted by molar-refractivity contribution is 7.99. The van der Waals surface area contributed by atoms with Gasteiger partial charge in [-0.1, -0.05) is 31.7 Å². The van der Waals surface area contributed by atoms with Crippen molar-refractivity contribution in [2.24, 2.45) is 5.92 Å². The molecule has 8 nitrogen and oxygen atoms in total. The molecule has 29 heavy (non-hydrogen) atoms. The Morgan fingerprint density at radius 3 is 2.90 bits per heavy atom. The lowest BCUT2D eigenvalue weighted by Gasteiger charge is -2.17. The summed E-state index contributed by atoms with van der Waals surface area (Å²) in [5.74, 6) is -0.324. The van der Waals surface area contributed by atoms with E-state index in [4.69, 9.17) is 4.74 Å². The van der Waals surface area contributed by atoms with E-state index in [-0.39, 0.29) is 23.7 Å². The minimum absolute atomic E-state index is 0.0793. The van der Waals surface area contributed by atoms with Crippen LogP contribution in [0.2, 0.25) is 0 Å². The van der Waals surface area contributed by atoms with Gasteiger partial charge in [0.25, 0.3) is 0 Å². The summed E-state index contributed by atoms with van der Waals surface area (Å²) in [5, 5.41) is 23.1. The Hall–Kier alpha value is -1.91. The highest BCUT2D eigenvalue weighted by atomic mass is 32.2. The summed E-state index contributed by atoms with van der Waals surface area (Å²) in [6.07, 6.45) is 2.53. The van der Waals surface area contributed by atoms with Crippen molar-refractivity contribution < 1.29 is 19.4 Å². The lowest BCUT2D eigenvalue weighted by molar-refractivity contribution is -0.141. The molecule has 158 valence electrons. The van der Waals surface area contributed by atoms with Gasteiger partial charge in [-0.05, 0) is 36.6 Å². The zero-order valence-electron chi connectivity index (χ0n) is 16.5. The van der Waals surface area contributed by atoms with E-state index < -0.39 is 12.0 Å². The lowest BCUT2D eigenvalue weighted by atomic mass is 10.0. The fourth-order valence-electron chi connectivity index (χ4n) is 3.20. The Morgan fingerprint density at radius 1 is 1.45 bits per heavy atom. The number of thiophene rings is 1. The largest absolute Gasteiger partial charge is 0.480 e. The first-order valence-electron chi connectivity index (χ1n) is 9.67. The van der Waals surface area contributed by atoms with Crippen LogP contribution in [0.5, 0.6) is 0 Å². The van der Waals surface area contributed by atoms with Crippen LogP contribution in [0.1, 0.15) is 33.1 Å². The number of nitrogens with one attached hydrogen (secondary N) is 1. The minimum atomic E-state index is -1.02. The van der Waals surface area contributed by atoms with Crippen LogP contribution < -0.4 is 5.32 Å². The first-order chi connectivity index (χ1) is 13.9. The third-order valence-corrected chi connectivity index (χ3v) is 6.37. The van der Waals surface area contributed by atoms with E-state index in [1.807, 2.05) is 35.9 Å². The second-order valence-electron chi connectivity index (χ2n) is 7.41. The van der Waals surface area contributed by atoms with Crippen LogP contribution >= 0.6 is 23.1 Å². The maximum absolute atomic E-state index is 12.3. The van der Waals surface area contributed by atoms with Crippen LogP contribution in [0.15, 0.2) is 22.7 Å². The maximum Gasteiger partial charge on any atom is 0.326 e. The van der Waals surface area contributed by atoms with Crippen LogP contribution in [0, 0.1) is 5.92 Å². The molecule has 3 rings (SSSR count). The molecule has 0 radical (unpaired) electrons. The van der Waals surface area contributed by atoms with Crippen LogP contribution in [0.25, 0.3) is 10.7 Å². The molecule has 2 aromatic rings. The molecule has 1 saturated heterocycles. The number of carboxylic acid groups (broad SMARTS) is 1. The smallest absolute Gasteiger partial charge is 0.326 e. The molecule has 0 bridgehead atoms. The van der Waals surface area contributed by atoms with E-state index in [1.54, 1.807) is 11.3 Å². The van der Waals surface area contributed by atoms with Crippen molar-refractivity contribution in [2.45, 2.75) is 57.0 Å². The van der Waals surface area contributed by atoms with Crippen molar-refractivity contribution in [3.05, 3.63) is 17.5 Å². The standard InChI is InChI=1S/C19H26N4O4S2/c1-12(2)9-14(18(25)26)20-16(24)11-29-19-22-21-17(15-6-4-8-28-15)23(19)10-13-5-3-7-27-13/h4,6,8,12-14H,3,5,7,9-11H2,1-2H3,(H,20,24)(H,25,26)/t13-,14+/m0/s1. The summed E-state index contributed by atoms with van der Waals surface area (Å²) in [6.45, 7) is 5.25. The Labute approximate surface area is 178 Å². The molecule has 10 heteroatoms. The predicted octanol–water partition coefficient (Wildman–Crippen LogP) is 2.89. The fraction of sp³-hybridized carbons (Fsp3) is 0.579. The van der Waals surface area contributed by atoms with Crippen LogP contribution in [-0.2, 0) is 20.9 Å². The van der Waals surface area contributed by atoms with Crippen molar-refractivity contribution in [3.8, 4) is 10.7 Å². The average Bonchev–Trinajstić information content (AvgIpc) is 3.41. The number of carbonyl (C=O) groups is 2. The molecule has 1 aliphatic heterocycles. The number of thioether (sulfide) groups is 1. The molecule has 0 aromatic carbocycles. The lowest BCUT2D eigenvalue weighted by Crippen LogP contribution is -2.42. The fourth-order valence-corrected chi connectivity index (χ4v) is 4.68. The molecule has 0 unspecified atom stereocenters. The van der Waals surface area contributed by atoms with E-state index in [0.29, 0.717) is 18.1 Å².